The molecule has 10 nitrogen and oxygen atoms in total. The molecule has 10 atom stereocenters. The van der Waals surface area contributed by atoms with Gasteiger partial charge in [0.15, 0.2) is 5.78 Å². The van der Waals surface area contributed by atoms with Gasteiger partial charge in [0.2, 0.25) is 17.7 Å². The summed E-state index contributed by atoms with van der Waals surface area (Å²) >= 11 is 0. The molecule has 1 aromatic rings. The van der Waals surface area contributed by atoms with E-state index in [1.807, 2.05) is 95.8 Å². The minimum absolute atomic E-state index is 0.0376. The van der Waals surface area contributed by atoms with Crippen LogP contribution in [0.15, 0.2) is 30.3 Å². The lowest BCUT2D eigenvalue weighted by atomic mass is 9.83. The number of carbonyl (C=O) groups is 4. The van der Waals surface area contributed by atoms with Gasteiger partial charge in [0, 0.05) is 45.0 Å². The molecule has 2 rings (SSSR count). The molecule has 0 spiro atoms. The molecule has 51 heavy (non-hydrogen) atoms. The lowest BCUT2D eigenvalue weighted by Crippen LogP contribution is -2.54. The van der Waals surface area contributed by atoms with Crippen molar-refractivity contribution in [3.63, 3.8) is 0 Å². The number of methoxy groups -OCH3 is 1. The smallest absolute Gasteiger partial charge is 0.226 e. The minimum Gasteiger partial charge on any atom is -0.386 e. The highest BCUT2D eigenvalue weighted by atomic mass is 16.5. The van der Waals surface area contributed by atoms with E-state index in [2.05, 4.69) is 19.2 Å². The van der Waals surface area contributed by atoms with E-state index < -0.39 is 24.2 Å². The van der Waals surface area contributed by atoms with Gasteiger partial charge in [0.25, 0.3) is 0 Å². The molecule has 3 amide bonds. The quantitative estimate of drug-likeness (QED) is 0.181. The number of ketones is 1. The number of benzene rings is 1. The lowest BCUT2D eigenvalue weighted by Gasteiger charge is -2.41. The molecule has 1 saturated heterocycles. The first-order valence-corrected chi connectivity index (χ1v) is 19.2. The topological polar surface area (TPSA) is 119 Å². The Morgan fingerprint density at radius 3 is 2.06 bits per heavy atom. The van der Waals surface area contributed by atoms with Gasteiger partial charge in [-0.25, -0.2) is 0 Å². The van der Waals surface area contributed by atoms with E-state index in [9.17, 15) is 24.3 Å². The van der Waals surface area contributed by atoms with E-state index in [-0.39, 0.29) is 84.1 Å². The Balaban J connectivity index is 2.21. The second kappa shape index (κ2) is 20.4. The highest BCUT2D eigenvalue weighted by Crippen LogP contribution is 2.32. The third-order valence-electron chi connectivity index (χ3n) is 11.6. The van der Waals surface area contributed by atoms with Gasteiger partial charge in [-0.05, 0) is 63.1 Å². The number of aliphatic hydroxyl groups excluding tert-OH is 1. The molecule has 10 heteroatoms. The van der Waals surface area contributed by atoms with Crippen molar-refractivity contribution in [2.75, 3.05) is 34.8 Å². The van der Waals surface area contributed by atoms with Crippen LogP contribution in [0, 0.1) is 35.5 Å². The maximum absolute atomic E-state index is 14.2. The number of hydrogen-bond donors (Lipinski definition) is 2. The van der Waals surface area contributed by atoms with Crippen molar-refractivity contribution in [2.45, 2.75) is 131 Å². The number of likely N-dealkylation sites (tertiary alicyclic amines) is 1. The molecule has 1 aliphatic rings. The van der Waals surface area contributed by atoms with Crippen LogP contribution in [-0.4, -0.2) is 108 Å². The summed E-state index contributed by atoms with van der Waals surface area (Å²) < 4.78 is 6.04. The van der Waals surface area contributed by atoms with Gasteiger partial charge in [-0.3, -0.25) is 24.1 Å². The molecule has 0 aliphatic carbocycles. The van der Waals surface area contributed by atoms with Crippen LogP contribution in [0.2, 0.25) is 0 Å². The van der Waals surface area contributed by atoms with Crippen molar-refractivity contribution in [3.05, 3.63) is 35.9 Å². The third kappa shape index (κ3) is 11.6. The van der Waals surface area contributed by atoms with E-state index >= 15 is 0 Å². The fourth-order valence-electron chi connectivity index (χ4n) is 8.08. The van der Waals surface area contributed by atoms with Crippen LogP contribution in [-0.2, 0) is 23.9 Å². The number of nitrogens with one attached hydrogen (secondary N) is 1. The average Bonchev–Trinajstić information content (AvgIpc) is 3.58. The normalized spacial score (nSPS) is 20.3. The number of aliphatic hydroxyl groups is 1. The third-order valence-corrected chi connectivity index (χ3v) is 11.6. The largest absolute Gasteiger partial charge is 0.386 e. The maximum Gasteiger partial charge on any atom is 0.226 e. The van der Waals surface area contributed by atoms with Crippen LogP contribution >= 0.6 is 0 Å². The van der Waals surface area contributed by atoms with Gasteiger partial charge >= 0.3 is 0 Å². The molecule has 0 radical (unpaired) electrons. The molecule has 1 aliphatic heterocycles. The molecular formula is C41H70N4O6. The summed E-state index contributed by atoms with van der Waals surface area (Å²) in [6.07, 6.45) is 1.31. The number of amides is 3. The summed E-state index contributed by atoms with van der Waals surface area (Å²) in [5, 5.41) is 13.8. The van der Waals surface area contributed by atoms with Crippen LogP contribution in [0.5, 0.6) is 0 Å². The molecule has 1 heterocycles. The fraction of sp³-hybridized carbons (Fsp3) is 0.756. The number of rotatable bonds is 20. The van der Waals surface area contributed by atoms with Crippen molar-refractivity contribution < 1.29 is 29.0 Å². The summed E-state index contributed by atoms with van der Waals surface area (Å²) in [6, 6.07) is 8.05. The van der Waals surface area contributed by atoms with Crippen LogP contribution in [0.3, 0.4) is 0 Å². The molecular weight excluding hydrogens is 644 g/mol. The Kier molecular flexibility index (Phi) is 17.8. The van der Waals surface area contributed by atoms with Crippen LogP contribution in [0.4, 0.5) is 0 Å². The van der Waals surface area contributed by atoms with Gasteiger partial charge in [0.05, 0.1) is 36.8 Å². The Hall–Kier alpha value is -2.82. The molecule has 0 aromatic heterocycles. The summed E-state index contributed by atoms with van der Waals surface area (Å²) in [5.74, 6) is -1.12. The zero-order valence-corrected chi connectivity index (χ0v) is 33.9. The first kappa shape index (κ1) is 44.3. The number of Topliss-reactive ketones (excluding diaryl/α,β-unsaturated/α-hetero) is 1. The molecule has 1 aromatic carbocycles. The van der Waals surface area contributed by atoms with Crippen molar-refractivity contribution in [1.82, 2.24) is 20.0 Å². The average molecular weight is 715 g/mol. The maximum atomic E-state index is 14.2. The predicted molar refractivity (Wildman–Crippen MR) is 204 cm³/mol. The van der Waals surface area contributed by atoms with Gasteiger partial charge in [0.1, 0.15) is 0 Å². The Bertz CT molecular complexity index is 1250. The van der Waals surface area contributed by atoms with E-state index in [1.54, 1.807) is 26.0 Å². The van der Waals surface area contributed by atoms with Crippen molar-refractivity contribution in [2.24, 2.45) is 35.5 Å². The van der Waals surface area contributed by atoms with E-state index in [0.29, 0.717) is 6.54 Å². The van der Waals surface area contributed by atoms with E-state index in [1.165, 1.54) is 0 Å². The standard InChI is InChI=1S/C41H70N4O6/c1-14-27(6)38(44(12)41(50)32(25(2)3)23-34(46)37(26(4)5)43(10)11)35(51-13)24-36(47)45-22-18-21-33(45)28(7)29(8)40(49)42-30(9)39(48)31-19-16-15-17-20-31/h15-17,19-20,25-30,32-33,35,37-39,48H,14,18,21-24H2,1-13H3,(H,42,49)/t27-,28-,29-,30-,32+,33+,35-,37+,38+,39-/m1/s1. The zero-order valence-electron chi connectivity index (χ0n) is 33.9. The predicted octanol–water partition coefficient (Wildman–Crippen LogP) is 5.58. The van der Waals surface area contributed by atoms with Gasteiger partial charge in [-0.1, -0.05) is 92.1 Å². The second-order valence-corrected chi connectivity index (χ2v) is 16.1. The van der Waals surface area contributed by atoms with Crippen molar-refractivity contribution in [3.8, 4) is 0 Å². The van der Waals surface area contributed by atoms with Crippen molar-refractivity contribution in [1.29, 1.82) is 0 Å². The SMILES string of the molecule is CC[C@@H](C)[C@@H]([C@@H](CC(=O)N1CCC[C@H]1[C@H](C)[C@@H](C)C(=O)N[C@H](C)[C@@H](O)c1ccccc1)OC)N(C)C(=O)[C@@H](CC(=O)[C@H](C(C)C)N(C)C)C(C)C. The van der Waals surface area contributed by atoms with Gasteiger partial charge < -0.3 is 25.0 Å². The summed E-state index contributed by atoms with van der Waals surface area (Å²) in [4.78, 5) is 60.8. The molecule has 290 valence electrons. The van der Waals surface area contributed by atoms with Crippen LogP contribution in [0.1, 0.15) is 106 Å². The molecule has 1 fully saturated rings. The molecule has 0 bridgehead atoms. The fourth-order valence-corrected chi connectivity index (χ4v) is 8.08. The van der Waals surface area contributed by atoms with E-state index in [0.717, 1.165) is 24.8 Å². The van der Waals surface area contributed by atoms with Crippen LogP contribution < -0.4 is 5.32 Å². The summed E-state index contributed by atoms with van der Waals surface area (Å²) in [5.41, 5.74) is 0.742. The monoisotopic (exact) mass is 715 g/mol. The molecule has 2 N–H and O–H groups in total. The summed E-state index contributed by atoms with van der Waals surface area (Å²) in [6.45, 7) is 18.5. The summed E-state index contributed by atoms with van der Waals surface area (Å²) in [7, 11) is 7.19. The number of ether oxygens (including phenoxy) is 1. The van der Waals surface area contributed by atoms with E-state index in [4.69, 9.17) is 4.74 Å². The lowest BCUT2D eigenvalue weighted by molar-refractivity contribution is -0.148. The molecule has 0 unspecified atom stereocenters. The minimum atomic E-state index is -0.831. The number of hydrogen-bond acceptors (Lipinski definition) is 7. The second-order valence-electron chi connectivity index (χ2n) is 16.1. The molecule has 0 saturated carbocycles. The van der Waals surface area contributed by atoms with Gasteiger partial charge in [-0.2, -0.15) is 0 Å². The Labute approximate surface area is 309 Å². The number of likely N-dealkylation sites (N-methyl/N-ethyl adjacent to an activating group) is 2. The Morgan fingerprint density at radius 2 is 1.55 bits per heavy atom. The highest BCUT2D eigenvalue weighted by molar-refractivity contribution is 5.90. The number of nitrogens with zero attached hydrogens (tertiary/aromatic N) is 3. The number of carbonyl (C=O) groups excluding carboxylic acids is 4. The first-order chi connectivity index (χ1) is 23.9. The van der Waals surface area contributed by atoms with Gasteiger partial charge in [-0.15, -0.1) is 0 Å². The van der Waals surface area contributed by atoms with Crippen molar-refractivity contribution >= 4 is 23.5 Å². The zero-order chi connectivity index (χ0) is 38.7. The van der Waals surface area contributed by atoms with Crippen LogP contribution in [0.25, 0.3) is 0 Å². The Morgan fingerprint density at radius 1 is 0.941 bits per heavy atom. The highest BCUT2D eigenvalue weighted by Gasteiger charge is 2.42. The first-order valence-electron chi connectivity index (χ1n) is 19.2.